The third-order valence-electron chi connectivity index (χ3n) is 4.18. The molecule has 1 heterocycles. The van der Waals surface area contributed by atoms with Gasteiger partial charge in [-0.25, -0.2) is 0 Å². The van der Waals surface area contributed by atoms with Gasteiger partial charge >= 0.3 is 0 Å². The molecule has 2 aliphatic rings. The highest BCUT2D eigenvalue weighted by atomic mass is 35.5. The number of para-hydroxylation sites is 1. The maximum absolute atomic E-state index is 12.3. The smallest absolute Gasteiger partial charge is 0.225 e. The number of benzene rings is 1. The van der Waals surface area contributed by atoms with Crippen LogP contribution in [0.25, 0.3) is 0 Å². The quantitative estimate of drug-likeness (QED) is 0.879. The fourth-order valence-corrected chi connectivity index (χ4v) is 3.09. The second-order valence-corrected chi connectivity index (χ2v) is 5.44. The summed E-state index contributed by atoms with van der Waals surface area (Å²) in [4.78, 5) is 12.3. The van der Waals surface area contributed by atoms with Crippen molar-refractivity contribution in [3.63, 3.8) is 0 Å². The molecule has 1 aromatic carbocycles. The molecule has 1 fully saturated rings. The molecule has 1 aromatic rings. The van der Waals surface area contributed by atoms with Crippen LogP contribution in [0.1, 0.15) is 37.3 Å². The molecule has 4 nitrogen and oxygen atoms in total. The van der Waals surface area contributed by atoms with Gasteiger partial charge in [-0.3, -0.25) is 4.79 Å². The van der Waals surface area contributed by atoms with Crippen LogP contribution < -0.4 is 15.8 Å². The minimum Gasteiger partial charge on any atom is -0.493 e. The minimum atomic E-state index is -0.0185. The number of halogens is 1. The summed E-state index contributed by atoms with van der Waals surface area (Å²) in [6.07, 6.45) is 3.76. The Bertz CT molecular complexity index is 481. The third kappa shape index (κ3) is 2.91. The van der Waals surface area contributed by atoms with E-state index < -0.39 is 0 Å². The number of carbonyl (C=O) groups is 1. The lowest BCUT2D eigenvalue weighted by atomic mass is 9.98. The Morgan fingerprint density at radius 1 is 1.25 bits per heavy atom. The maximum Gasteiger partial charge on any atom is 0.225 e. The van der Waals surface area contributed by atoms with E-state index in [1.807, 2.05) is 24.3 Å². The summed E-state index contributed by atoms with van der Waals surface area (Å²) in [6, 6.07) is 7.99. The van der Waals surface area contributed by atoms with Gasteiger partial charge in [0, 0.05) is 18.0 Å². The van der Waals surface area contributed by atoms with Gasteiger partial charge in [-0.1, -0.05) is 24.6 Å². The molecule has 1 amide bonds. The summed E-state index contributed by atoms with van der Waals surface area (Å²) in [5.74, 6) is 0.969. The topological polar surface area (TPSA) is 64.4 Å². The first-order chi connectivity index (χ1) is 9.25. The minimum absolute atomic E-state index is 0. The molecule has 1 aliphatic heterocycles. The summed E-state index contributed by atoms with van der Waals surface area (Å²) < 4.78 is 5.61. The predicted octanol–water partition coefficient (Wildman–Crippen LogP) is 2.18. The van der Waals surface area contributed by atoms with E-state index in [9.17, 15) is 4.79 Å². The van der Waals surface area contributed by atoms with Crippen molar-refractivity contribution in [3.8, 4) is 5.75 Å². The van der Waals surface area contributed by atoms with Gasteiger partial charge in [0.05, 0.1) is 18.6 Å². The van der Waals surface area contributed by atoms with Crippen LogP contribution in [-0.4, -0.2) is 18.6 Å². The Morgan fingerprint density at radius 3 is 2.80 bits per heavy atom. The Labute approximate surface area is 125 Å². The highest BCUT2D eigenvalue weighted by molar-refractivity contribution is 5.85. The third-order valence-corrected chi connectivity index (χ3v) is 4.18. The molecule has 110 valence electrons. The second-order valence-electron chi connectivity index (χ2n) is 5.44. The van der Waals surface area contributed by atoms with Gasteiger partial charge in [0.1, 0.15) is 5.75 Å². The van der Waals surface area contributed by atoms with E-state index in [4.69, 9.17) is 10.5 Å². The fourth-order valence-electron chi connectivity index (χ4n) is 3.09. The van der Waals surface area contributed by atoms with E-state index in [0.717, 1.165) is 37.0 Å². The fraction of sp³-hybridized carbons (Fsp3) is 0.533. The number of nitrogens with one attached hydrogen (secondary N) is 1. The van der Waals surface area contributed by atoms with E-state index in [-0.39, 0.29) is 36.3 Å². The molecular formula is C15H21ClN2O2. The average molecular weight is 297 g/mol. The van der Waals surface area contributed by atoms with E-state index in [2.05, 4.69) is 5.32 Å². The van der Waals surface area contributed by atoms with Crippen molar-refractivity contribution in [2.45, 2.75) is 37.8 Å². The van der Waals surface area contributed by atoms with Crippen LogP contribution in [0.2, 0.25) is 0 Å². The zero-order valence-electron chi connectivity index (χ0n) is 11.4. The molecule has 1 aliphatic carbocycles. The van der Waals surface area contributed by atoms with Crippen molar-refractivity contribution in [2.24, 2.45) is 11.7 Å². The van der Waals surface area contributed by atoms with E-state index >= 15 is 0 Å². The van der Waals surface area contributed by atoms with Gasteiger partial charge in [-0.05, 0) is 18.9 Å². The van der Waals surface area contributed by atoms with E-state index in [1.165, 1.54) is 0 Å². The molecule has 3 atom stereocenters. The Kier molecular flexibility index (Phi) is 4.89. The summed E-state index contributed by atoms with van der Waals surface area (Å²) in [5.41, 5.74) is 7.07. The summed E-state index contributed by atoms with van der Waals surface area (Å²) in [7, 11) is 0. The summed E-state index contributed by atoms with van der Waals surface area (Å²) in [5, 5.41) is 3.15. The van der Waals surface area contributed by atoms with Gasteiger partial charge in [0.2, 0.25) is 5.91 Å². The second kappa shape index (κ2) is 6.46. The van der Waals surface area contributed by atoms with Crippen molar-refractivity contribution in [1.82, 2.24) is 5.32 Å². The molecular weight excluding hydrogens is 276 g/mol. The molecule has 0 saturated heterocycles. The van der Waals surface area contributed by atoms with Crippen LogP contribution in [0.3, 0.4) is 0 Å². The average Bonchev–Trinajstić information content (AvgIpc) is 2.85. The number of rotatable bonds is 2. The number of carbonyl (C=O) groups excluding carboxylic acids is 1. The number of fused-ring (bicyclic) bond motifs is 1. The Morgan fingerprint density at radius 2 is 2.05 bits per heavy atom. The highest BCUT2D eigenvalue weighted by Crippen LogP contribution is 2.32. The molecule has 3 rings (SSSR count). The van der Waals surface area contributed by atoms with Crippen LogP contribution in [0.5, 0.6) is 5.75 Å². The largest absolute Gasteiger partial charge is 0.493 e. The molecule has 3 unspecified atom stereocenters. The van der Waals surface area contributed by atoms with Gasteiger partial charge < -0.3 is 15.8 Å². The van der Waals surface area contributed by atoms with Crippen LogP contribution >= 0.6 is 12.4 Å². The lowest BCUT2D eigenvalue weighted by Gasteiger charge is -2.28. The van der Waals surface area contributed by atoms with Gasteiger partial charge in [-0.2, -0.15) is 0 Å². The maximum atomic E-state index is 12.3. The Balaban J connectivity index is 0.00000147. The number of hydrogen-bond acceptors (Lipinski definition) is 3. The first kappa shape index (κ1) is 15.1. The molecule has 0 spiro atoms. The van der Waals surface area contributed by atoms with Gasteiger partial charge in [0.15, 0.2) is 0 Å². The number of amides is 1. The summed E-state index contributed by atoms with van der Waals surface area (Å²) >= 11 is 0. The normalized spacial score (nSPS) is 27.9. The molecule has 1 saturated carbocycles. The molecule has 3 N–H and O–H groups in total. The first-order valence-electron chi connectivity index (χ1n) is 7.03. The van der Waals surface area contributed by atoms with Crippen LogP contribution in [-0.2, 0) is 4.79 Å². The van der Waals surface area contributed by atoms with Gasteiger partial charge in [-0.15, -0.1) is 12.4 Å². The number of ether oxygens (including phenoxy) is 1. The van der Waals surface area contributed by atoms with Crippen molar-refractivity contribution in [3.05, 3.63) is 29.8 Å². The van der Waals surface area contributed by atoms with Crippen LogP contribution in [0, 0.1) is 5.92 Å². The number of hydrogen-bond donors (Lipinski definition) is 2. The van der Waals surface area contributed by atoms with Crippen molar-refractivity contribution < 1.29 is 9.53 Å². The van der Waals surface area contributed by atoms with Crippen molar-refractivity contribution in [2.75, 3.05) is 6.61 Å². The lowest BCUT2D eigenvalue weighted by molar-refractivity contribution is -0.126. The van der Waals surface area contributed by atoms with Crippen LogP contribution in [0.15, 0.2) is 24.3 Å². The monoisotopic (exact) mass is 296 g/mol. The van der Waals surface area contributed by atoms with E-state index in [1.54, 1.807) is 0 Å². The molecule has 0 radical (unpaired) electrons. The molecule has 0 bridgehead atoms. The SMILES string of the molecule is Cl.NC1CCCC1C(=O)NC1CCOc2ccccc21. The first-order valence-corrected chi connectivity index (χ1v) is 7.03. The van der Waals surface area contributed by atoms with Crippen molar-refractivity contribution in [1.29, 1.82) is 0 Å². The molecule has 0 aromatic heterocycles. The summed E-state index contributed by atoms with van der Waals surface area (Å²) in [6.45, 7) is 0.651. The highest BCUT2D eigenvalue weighted by Gasteiger charge is 2.32. The zero-order chi connectivity index (χ0) is 13.2. The zero-order valence-corrected chi connectivity index (χ0v) is 12.2. The Hall–Kier alpha value is -1.26. The standard InChI is InChI=1S/C15H20N2O2.ClH/c16-12-6-3-5-10(12)15(18)17-13-8-9-19-14-7-2-1-4-11(13)14;/h1-2,4,7,10,12-13H,3,5-6,8-9,16H2,(H,17,18);1H. The predicted molar refractivity (Wildman–Crippen MR) is 80.0 cm³/mol. The van der Waals surface area contributed by atoms with Crippen LogP contribution in [0.4, 0.5) is 0 Å². The van der Waals surface area contributed by atoms with Crippen molar-refractivity contribution >= 4 is 18.3 Å². The lowest BCUT2D eigenvalue weighted by Crippen LogP contribution is -2.41. The molecule has 20 heavy (non-hydrogen) atoms. The molecule has 5 heteroatoms. The van der Waals surface area contributed by atoms with Gasteiger partial charge in [0.25, 0.3) is 0 Å². The number of nitrogens with two attached hydrogens (primary N) is 1. The van der Waals surface area contributed by atoms with E-state index in [0.29, 0.717) is 6.61 Å².